The molecule has 6 nitrogen and oxygen atoms in total. The van der Waals surface area contributed by atoms with Crippen molar-refractivity contribution in [1.29, 1.82) is 0 Å². The van der Waals surface area contributed by atoms with Crippen LogP contribution in [0.1, 0.15) is 43.5 Å². The Kier molecular flexibility index (Phi) is 6.26. The highest BCUT2D eigenvalue weighted by molar-refractivity contribution is 8.01. The van der Waals surface area contributed by atoms with E-state index in [0.717, 1.165) is 12.8 Å². The third-order valence-corrected chi connectivity index (χ3v) is 6.42. The van der Waals surface area contributed by atoms with Crippen molar-refractivity contribution in [3.63, 3.8) is 0 Å². The van der Waals surface area contributed by atoms with E-state index in [1.165, 1.54) is 29.5 Å². The topological polar surface area (TPSA) is 75.2 Å². The van der Waals surface area contributed by atoms with Gasteiger partial charge in [-0.1, -0.05) is 41.3 Å². The van der Waals surface area contributed by atoms with Crippen LogP contribution in [0.2, 0.25) is 0 Å². The number of aromatic nitrogens is 2. The molecule has 8 heteroatoms. The maximum Gasteiger partial charge on any atom is 0.257 e. The second-order valence-corrected chi connectivity index (χ2v) is 8.61. The fourth-order valence-electron chi connectivity index (χ4n) is 3.19. The molecule has 0 radical (unpaired) electrons. The van der Waals surface area contributed by atoms with Crippen molar-refractivity contribution in [2.45, 2.75) is 49.5 Å². The summed E-state index contributed by atoms with van der Waals surface area (Å²) < 4.78 is 0.680. The van der Waals surface area contributed by atoms with Crippen LogP contribution in [0.4, 0.5) is 5.13 Å². The average molecular weight is 391 g/mol. The van der Waals surface area contributed by atoms with Gasteiger partial charge in [0.15, 0.2) is 4.34 Å². The van der Waals surface area contributed by atoms with Crippen LogP contribution >= 0.6 is 23.1 Å². The van der Waals surface area contributed by atoms with E-state index in [1.54, 1.807) is 12.1 Å². The first-order valence-corrected chi connectivity index (χ1v) is 10.5. The van der Waals surface area contributed by atoms with Crippen LogP contribution in [0.15, 0.2) is 34.7 Å². The van der Waals surface area contributed by atoms with Crippen molar-refractivity contribution in [3.05, 3.63) is 35.9 Å². The lowest BCUT2D eigenvalue weighted by Crippen LogP contribution is -2.48. The molecule has 1 aromatic heterocycles. The van der Waals surface area contributed by atoms with Crippen molar-refractivity contribution in [2.75, 3.05) is 11.1 Å². The molecule has 1 saturated heterocycles. The molecule has 138 valence electrons. The predicted octanol–water partition coefficient (Wildman–Crippen LogP) is 3.67. The molecule has 2 aromatic rings. The number of carbonyl (C=O) groups excluding carboxylic acids is 2. The Labute approximate surface area is 161 Å². The number of anilines is 1. The average Bonchev–Trinajstić information content (AvgIpc) is 3.08. The van der Waals surface area contributed by atoms with Gasteiger partial charge in [0, 0.05) is 17.6 Å². The van der Waals surface area contributed by atoms with Gasteiger partial charge in [-0.05, 0) is 45.2 Å². The largest absolute Gasteiger partial charge is 0.337 e. The highest BCUT2D eigenvalue weighted by Gasteiger charge is 2.28. The number of likely N-dealkylation sites (tertiary alicyclic amines) is 1. The van der Waals surface area contributed by atoms with Crippen molar-refractivity contribution < 1.29 is 9.59 Å². The van der Waals surface area contributed by atoms with Gasteiger partial charge in [-0.3, -0.25) is 14.9 Å². The van der Waals surface area contributed by atoms with Crippen LogP contribution in [-0.4, -0.2) is 44.7 Å². The first-order chi connectivity index (χ1) is 12.5. The van der Waals surface area contributed by atoms with Crippen molar-refractivity contribution in [1.82, 2.24) is 15.1 Å². The van der Waals surface area contributed by atoms with Gasteiger partial charge in [-0.15, -0.1) is 10.2 Å². The number of hydrogen-bond acceptors (Lipinski definition) is 6. The summed E-state index contributed by atoms with van der Waals surface area (Å²) in [6.45, 7) is 4.22. The van der Waals surface area contributed by atoms with Gasteiger partial charge in [0.05, 0.1) is 5.75 Å². The SMILES string of the molecule is CC1CCCC(C)N1C(=O)CSc1nnc(NC(=O)c2ccccc2)s1. The number of benzene rings is 1. The fourth-order valence-corrected chi connectivity index (χ4v) is 4.80. The van der Waals surface area contributed by atoms with E-state index in [1.807, 2.05) is 23.1 Å². The normalized spacial score (nSPS) is 20.0. The molecule has 0 spiro atoms. The Balaban J connectivity index is 1.54. The lowest BCUT2D eigenvalue weighted by Gasteiger charge is -2.39. The van der Waals surface area contributed by atoms with Crippen LogP contribution in [0.5, 0.6) is 0 Å². The Morgan fingerprint density at radius 2 is 1.88 bits per heavy atom. The van der Waals surface area contributed by atoms with Gasteiger partial charge < -0.3 is 4.90 Å². The number of rotatable bonds is 5. The van der Waals surface area contributed by atoms with Gasteiger partial charge in [0.2, 0.25) is 11.0 Å². The summed E-state index contributed by atoms with van der Waals surface area (Å²) in [5.41, 5.74) is 0.570. The Hall–Kier alpha value is -1.93. The Morgan fingerprint density at radius 1 is 1.19 bits per heavy atom. The molecule has 2 heterocycles. The predicted molar refractivity (Wildman–Crippen MR) is 105 cm³/mol. The zero-order chi connectivity index (χ0) is 18.5. The number of piperidine rings is 1. The summed E-state index contributed by atoms with van der Waals surface area (Å²) in [6.07, 6.45) is 3.31. The summed E-state index contributed by atoms with van der Waals surface area (Å²) in [6, 6.07) is 9.55. The van der Waals surface area contributed by atoms with E-state index in [4.69, 9.17) is 0 Å². The number of amides is 2. The first kappa shape index (κ1) is 18.8. The molecular weight excluding hydrogens is 368 g/mol. The van der Waals surface area contributed by atoms with Gasteiger partial charge >= 0.3 is 0 Å². The number of carbonyl (C=O) groups is 2. The highest BCUT2D eigenvalue weighted by Crippen LogP contribution is 2.28. The third-order valence-electron chi connectivity index (χ3n) is 4.46. The van der Waals surface area contributed by atoms with E-state index in [-0.39, 0.29) is 11.8 Å². The minimum Gasteiger partial charge on any atom is -0.337 e. The summed E-state index contributed by atoms with van der Waals surface area (Å²) in [4.78, 5) is 26.7. The lowest BCUT2D eigenvalue weighted by atomic mass is 9.98. The molecule has 26 heavy (non-hydrogen) atoms. The van der Waals surface area contributed by atoms with Crippen LogP contribution in [-0.2, 0) is 4.79 Å². The van der Waals surface area contributed by atoms with Crippen LogP contribution in [0.25, 0.3) is 0 Å². The minimum atomic E-state index is -0.217. The second-order valence-electron chi connectivity index (χ2n) is 6.41. The zero-order valence-corrected chi connectivity index (χ0v) is 16.5. The van der Waals surface area contributed by atoms with E-state index in [0.29, 0.717) is 32.9 Å². The standard InChI is InChI=1S/C18H22N4O2S2/c1-12-7-6-8-13(2)22(12)15(23)11-25-18-21-20-17(26-18)19-16(24)14-9-4-3-5-10-14/h3-5,9-10,12-13H,6-8,11H2,1-2H3,(H,19,20,24). The van der Waals surface area contributed by atoms with Crippen molar-refractivity contribution in [3.8, 4) is 0 Å². The van der Waals surface area contributed by atoms with E-state index in [9.17, 15) is 9.59 Å². The van der Waals surface area contributed by atoms with Gasteiger partial charge in [-0.25, -0.2) is 0 Å². The Morgan fingerprint density at radius 3 is 2.58 bits per heavy atom. The first-order valence-electron chi connectivity index (χ1n) is 8.68. The third kappa shape index (κ3) is 4.62. The molecule has 0 aliphatic carbocycles. The van der Waals surface area contributed by atoms with Crippen LogP contribution in [0.3, 0.4) is 0 Å². The summed E-state index contributed by atoms with van der Waals surface area (Å²) >= 11 is 2.66. The van der Waals surface area contributed by atoms with E-state index < -0.39 is 0 Å². The smallest absolute Gasteiger partial charge is 0.257 e. The fraction of sp³-hybridized carbons (Fsp3) is 0.444. The molecule has 0 bridgehead atoms. The maximum atomic E-state index is 12.6. The molecule has 2 amide bonds. The monoisotopic (exact) mass is 390 g/mol. The van der Waals surface area contributed by atoms with Crippen LogP contribution < -0.4 is 5.32 Å². The van der Waals surface area contributed by atoms with E-state index in [2.05, 4.69) is 29.4 Å². The highest BCUT2D eigenvalue weighted by atomic mass is 32.2. The van der Waals surface area contributed by atoms with Crippen molar-refractivity contribution >= 4 is 40.0 Å². The molecule has 1 aliphatic rings. The number of nitrogens with zero attached hydrogens (tertiary/aromatic N) is 3. The minimum absolute atomic E-state index is 0.139. The molecule has 1 aliphatic heterocycles. The molecular formula is C18H22N4O2S2. The molecule has 2 atom stereocenters. The van der Waals surface area contributed by atoms with Gasteiger partial charge in [0.25, 0.3) is 5.91 Å². The van der Waals surface area contributed by atoms with Gasteiger partial charge in [0.1, 0.15) is 0 Å². The van der Waals surface area contributed by atoms with E-state index >= 15 is 0 Å². The summed E-state index contributed by atoms with van der Waals surface area (Å²) in [7, 11) is 0. The molecule has 2 unspecified atom stereocenters. The summed E-state index contributed by atoms with van der Waals surface area (Å²) in [5.74, 6) is 0.265. The quantitative estimate of drug-likeness (QED) is 0.623. The summed E-state index contributed by atoms with van der Waals surface area (Å²) in [5, 5.41) is 11.2. The molecule has 1 aromatic carbocycles. The molecule has 0 saturated carbocycles. The zero-order valence-electron chi connectivity index (χ0n) is 14.8. The maximum absolute atomic E-state index is 12.6. The number of hydrogen-bond donors (Lipinski definition) is 1. The molecule has 3 rings (SSSR count). The second kappa shape index (κ2) is 8.64. The molecule has 1 N–H and O–H groups in total. The Bertz CT molecular complexity index is 756. The lowest BCUT2D eigenvalue weighted by molar-refractivity contribution is -0.134. The van der Waals surface area contributed by atoms with Crippen LogP contribution in [0, 0.1) is 0 Å². The van der Waals surface area contributed by atoms with Crippen molar-refractivity contribution in [2.24, 2.45) is 0 Å². The van der Waals surface area contributed by atoms with Gasteiger partial charge in [-0.2, -0.15) is 0 Å². The number of thioether (sulfide) groups is 1. The number of nitrogens with one attached hydrogen (secondary N) is 1. The molecule has 1 fully saturated rings.